The van der Waals surface area contributed by atoms with Crippen LogP contribution in [0.1, 0.15) is 23.2 Å². The number of hydrogen-bond donors (Lipinski definition) is 0. The fourth-order valence-electron chi connectivity index (χ4n) is 1.73. The van der Waals surface area contributed by atoms with Gasteiger partial charge in [0.15, 0.2) is 0 Å². The second-order valence-corrected chi connectivity index (χ2v) is 4.78. The minimum atomic E-state index is -0.679. The molecule has 8 heteroatoms. The average molecular weight is 305 g/mol. The lowest BCUT2D eigenvalue weighted by atomic mass is 10.1. The molecule has 0 radical (unpaired) electrons. The number of nitrogens with zero attached hydrogens (tertiary/aromatic N) is 2. The van der Waals surface area contributed by atoms with Gasteiger partial charge in [0.25, 0.3) is 11.6 Å². The molecule has 1 aromatic carbocycles. The van der Waals surface area contributed by atoms with E-state index in [-0.39, 0.29) is 15.6 Å². The molecule has 1 aromatic rings. The topological polar surface area (TPSA) is 72.7 Å². The van der Waals surface area contributed by atoms with Crippen LogP contribution in [0.4, 0.5) is 5.69 Å². The Balaban J connectivity index is 2.34. The summed E-state index contributed by atoms with van der Waals surface area (Å²) in [6.07, 6.45) is 1.71. The first-order chi connectivity index (χ1) is 9.00. The zero-order valence-electron chi connectivity index (χ0n) is 9.77. The summed E-state index contributed by atoms with van der Waals surface area (Å²) in [7, 11) is 0. The van der Waals surface area contributed by atoms with Crippen LogP contribution in [-0.2, 0) is 4.84 Å². The quantitative estimate of drug-likeness (QED) is 0.622. The third-order valence-corrected chi connectivity index (χ3v) is 3.47. The number of amides is 1. The molecular weight excluding hydrogens is 295 g/mol. The molecule has 1 fully saturated rings. The molecule has 6 nitrogen and oxygen atoms in total. The second kappa shape index (κ2) is 5.73. The second-order valence-electron chi connectivity index (χ2n) is 4.00. The molecule has 1 saturated heterocycles. The number of benzene rings is 1. The van der Waals surface area contributed by atoms with Crippen LogP contribution < -0.4 is 0 Å². The van der Waals surface area contributed by atoms with E-state index in [1.54, 1.807) is 0 Å². The van der Waals surface area contributed by atoms with Gasteiger partial charge in [0, 0.05) is 12.6 Å². The molecule has 0 atom stereocenters. The van der Waals surface area contributed by atoms with Gasteiger partial charge in [-0.15, -0.1) is 0 Å². The Hall–Kier alpha value is -1.37. The molecule has 0 spiro atoms. The fourth-order valence-corrected chi connectivity index (χ4v) is 2.12. The first-order valence-electron chi connectivity index (χ1n) is 5.59. The lowest BCUT2D eigenvalue weighted by Crippen LogP contribution is -2.35. The average Bonchev–Trinajstić information content (AvgIpc) is 2.41. The molecular formula is C11H10Cl2N2O4. The number of carbonyl (C=O) groups excluding carboxylic acids is 1. The number of rotatable bonds is 2. The van der Waals surface area contributed by atoms with Gasteiger partial charge < -0.3 is 0 Å². The van der Waals surface area contributed by atoms with Crippen molar-refractivity contribution >= 4 is 34.8 Å². The third kappa shape index (κ3) is 2.97. The predicted molar refractivity (Wildman–Crippen MR) is 69.3 cm³/mol. The summed E-state index contributed by atoms with van der Waals surface area (Å²) < 4.78 is 0. The van der Waals surface area contributed by atoms with Crippen molar-refractivity contribution in [2.24, 2.45) is 0 Å². The summed E-state index contributed by atoms with van der Waals surface area (Å²) >= 11 is 11.5. The molecule has 1 aliphatic heterocycles. The molecule has 2 rings (SSSR count). The Morgan fingerprint density at radius 3 is 2.68 bits per heavy atom. The largest absolute Gasteiger partial charge is 0.290 e. The van der Waals surface area contributed by atoms with E-state index < -0.39 is 16.5 Å². The van der Waals surface area contributed by atoms with Crippen LogP contribution >= 0.6 is 23.2 Å². The highest BCUT2D eigenvalue weighted by molar-refractivity contribution is 6.43. The normalized spacial score (nSPS) is 15.4. The van der Waals surface area contributed by atoms with Gasteiger partial charge >= 0.3 is 0 Å². The summed E-state index contributed by atoms with van der Waals surface area (Å²) in [5.74, 6) is -0.457. The van der Waals surface area contributed by atoms with E-state index in [0.29, 0.717) is 13.2 Å². The van der Waals surface area contributed by atoms with Crippen LogP contribution in [0.3, 0.4) is 0 Å². The van der Waals surface area contributed by atoms with E-state index in [0.717, 1.165) is 18.9 Å². The maximum Gasteiger partial charge on any atom is 0.290 e. The molecule has 0 bridgehead atoms. The molecule has 0 N–H and O–H groups in total. The number of nitro benzene ring substituents is 1. The summed E-state index contributed by atoms with van der Waals surface area (Å²) in [6.45, 7) is 0.905. The molecule has 1 heterocycles. The van der Waals surface area contributed by atoms with Crippen molar-refractivity contribution in [3.8, 4) is 0 Å². The van der Waals surface area contributed by atoms with Crippen molar-refractivity contribution in [1.29, 1.82) is 0 Å². The molecule has 0 saturated carbocycles. The zero-order chi connectivity index (χ0) is 14.0. The van der Waals surface area contributed by atoms with Crippen molar-refractivity contribution < 1.29 is 14.6 Å². The smallest absolute Gasteiger partial charge is 0.271 e. The maximum absolute atomic E-state index is 12.1. The third-order valence-electron chi connectivity index (χ3n) is 2.68. The van der Waals surface area contributed by atoms with Gasteiger partial charge in [-0.2, -0.15) is 0 Å². The van der Waals surface area contributed by atoms with Crippen LogP contribution in [-0.4, -0.2) is 29.0 Å². The van der Waals surface area contributed by atoms with E-state index in [2.05, 4.69) is 0 Å². The van der Waals surface area contributed by atoms with Crippen molar-refractivity contribution in [3.63, 3.8) is 0 Å². The highest BCUT2D eigenvalue weighted by atomic mass is 35.5. The number of hydrogen-bond acceptors (Lipinski definition) is 4. The molecule has 0 aliphatic carbocycles. The summed E-state index contributed by atoms with van der Waals surface area (Å²) in [4.78, 5) is 27.5. The maximum atomic E-state index is 12.1. The monoisotopic (exact) mass is 304 g/mol. The predicted octanol–water partition coefficient (Wildman–Crippen LogP) is 3.07. The number of nitro groups is 1. The molecule has 102 valence electrons. The van der Waals surface area contributed by atoms with Crippen LogP contribution in [0.25, 0.3) is 0 Å². The van der Waals surface area contributed by atoms with Gasteiger partial charge in [0.1, 0.15) is 5.02 Å². The van der Waals surface area contributed by atoms with Gasteiger partial charge in [0.05, 0.1) is 22.1 Å². The molecule has 0 aromatic heterocycles. The van der Waals surface area contributed by atoms with Crippen molar-refractivity contribution in [2.45, 2.75) is 12.8 Å². The SMILES string of the molecule is O=C(c1cc(Cl)c(Cl)c([N+](=O)[O-])c1)N1CCCCO1. The highest BCUT2D eigenvalue weighted by Gasteiger charge is 2.24. The Kier molecular flexibility index (Phi) is 4.24. The standard InChI is InChI=1S/C11H10Cl2N2O4/c12-8-5-7(6-9(10(8)13)15(17)18)11(16)14-3-1-2-4-19-14/h5-6H,1-4H2. The van der Waals surface area contributed by atoms with Gasteiger partial charge in [0.2, 0.25) is 0 Å². The van der Waals surface area contributed by atoms with E-state index in [1.807, 2.05) is 0 Å². The molecule has 1 amide bonds. The molecule has 0 unspecified atom stereocenters. The first kappa shape index (κ1) is 14.0. The van der Waals surface area contributed by atoms with Gasteiger partial charge in [-0.1, -0.05) is 23.2 Å². The summed E-state index contributed by atoms with van der Waals surface area (Å²) in [5.41, 5.74) is -0.308. The van der Waals surface area contributed by atoms with E-state index >= 15 is 0 Å². The lowest BCUT2D eigenvalue weighted by molar-refractivity contribution is -0.384. The fraction of sp³-hybridized carbons (Fsp3) is 0.364. The Labute approximate surface area is 118 Å². The van der Waals surface area contributed by atoms with Crippen molar-refractivity contribution in [1.82, 2.24) is 5.06 Å². The van der Waals surface area contributed by atoms with Gasteiger partial charge in [-0.3, -0.25) is 19.7 Å². The van der Waals surface area contributed by atoms with E-state index in [4.69, 9.17) is 28.0 Å². The lowest BCUT2D eigenvalue weighted by Gasteiger charge is -2.25. The van der Waals surface area contributed by atoms with Gasteiger partial charge in [-0.05, 0) is 18.9 Å². The van der Waals surface area contributed by atoms with Gasteiger partial charge in [-0.25, -0.2) is 5.06 Å². The zero-order valence-corrected chi connectivity index (χ0v) is 11.3. The first-order valence-corrected chi connectivity index (χ1v) is 6.34. The van der Waals surface area contributed by atoms with E-state index in [9.17, 15) is 14.9 Å². The molecule has 1 aliphatic rings. The summed E-state index contributed by atoms with van der Waals surface area (Å²) in [6, 6.07) is 2.41. The Morgan fingerprint density at radius 1 is 1.37 bits per heavy atom. The van der Waals surface area contributed by atoms with Crippen LogP contribution in [0.5, 0.6) is 0 Å². The minimum absolute atomic E-state index is 0.0313. The van der Waals surface area contributed by atoms with Crippen LogP contribution in [0.2, 0.25) is 10.0 Å². The Bertz CT molecular complexity index is 530. The van der Waals surface area contributed by atoms with Crippen molar-refractivity contribution in [3.05, 3.63) is 37.9 Å². The number of carbonyl (C=O) groups is 1. The minimum Gasteiger partial charge on any atom is -0.271 e. The van der Waals surface area contributed by atoms with E-state index in [1.165, 1.54) is 11.1 Å². The highest BCUT2D eigenvalue weighted by Crippen LogP contribution is 2.33. The molecule has 19 heavy (non-hydrogen) atoms. The summed E-state index contributed by atoms with van der Waals surface area (Å²) in [5, 5.41) is 11.8. The van der Waals surface area contributed by atoms with Crippen LogP contribution in [0.15, 0.2) is 12.1 Å². The van der Waals surface area contributed by atoms with Crippen LogP contribution in [0, 0.1) is 10.1 Å². The Morgan fingerprint density at radius 2 is 2.11 bits per heavy atom. The van der Waals surface area contributed by atoms with Crippen molar-refractivity contribution in [2.75, 3.05) is 13.2 Å². The number of halogens is 2. The number of hydroxylamine groups is 2.